The van der Waals surface area contributed by atoms with E-state index in [0.717, 1.165) is 26.1 Å². The molecule has 0 amide bonds. The molecule has 4 nitrogen and oxygen atoms in total. The van der Waals surface area contributed by atoms with Gasteiger partial charge in [-0.15, -0.1) is 11.3 Å². The van der Waals surface area contributed by atoms with Crippen LogP contribution in [0.15, 0.2) is 12.1 Å². The highest BCUT2D eigenvalue weighted by Gasteiger charge is 2.21. The number of sulfonamides is 1. The number of hydrogen-bond donors (Lipinski definition) is 0. The van der Waals surface area contributed by atoms with Crippen LogP contribution in [-0.4, -0.2) is 50.1 Å². The second-order valence-corrected chi connectivity index (χ2v) is 8.16. The topological polar surface area (TPSA) is 40.6 Å². The summed E-state index contributed by atoms with van der Waals surface area (Å²) in [5, 5.41) is 0. The highest BCUT2D eigenvalue weighted by atomic mass is 32.2. The molecule has 1 fully saturated rings. The predicted molar refractivity (Wildman–Crippen MR) is 75.4 cm³/mol. The van der Waals surface area contributed by atoms with Gasteiger partial charge in [0.15, 0.2) is 0 Å². The van der Waals surface area contributed by atoms with Gasteiger partial charge in [-0.3, -0.25) is 4.90 Å². The highest BCUT2D eigenvalue weighted by molar-refractivity contribution is 7.88. The van der Waals surface area contributed by atoms with Crippen LogP contribution in [0.5, 0.6) is 0 Å². The molecule has 1 aliphatic rings. The summed E-state index contributed by atoms with van der Waals surface area (Å²) in [7, 11) is -3.03. The lowest BCUT2D eigenvalue weighted by molar-refractivity contribution is 0.281. The lowest BCUT2D eigenvalue weighted by Crippen LogP contribution is -2.34. The largest absolute Gasteiger partial charge is 0.297 e. The Hall–Kier alpha value is -0.430. The summed E-state index contributed by atoms with van der Waals surface area (Å²) in [6, 6.07) is 4.31. The lowest BCUT2D eigenvalue weighted by Gasteiger charge is -2.19. The molecular formula is C12H20N2O2S2. The Balaban J connectivity index is 1.93. The first-order valence-electron chi connectivity index (χ1n) is 6.18. The van der Waals surface area contributed by atoms with E-state index in [-0.39, 0.29) is 0 Å². The summed E-state index contributed by atoms with van der Waals surface area (Å²) in [6.07, 6.45) is 2.21. The van der Waals surface area contributed by atoms with Crippen molar-refractivity contribution < 1.29 is 8.42 Å². The van der Waals surface area contributed by atoms with Crippen molar-refractivity contribution in [2.75, 3.05) is 32.4 Å². The summed E-state index contributed by atoms with van der Waals surface area (Å²) in [5.41, 5.74) is 0. The molecule has 1 aromatic heterocycles. The van der Waals surface area contributed by atoms with Gasteiger partial charge >= 0.3 is 0 Å². The van der Waals surface area contributed by atoms with E-state index in [4.69, 9.17) is 0 Å². The third-order valence-electron chi connectivity index (χ3n) is 3.19. The van der Waals surface area contributed by atoms with Crippen molar-refractivity contribution in [3.63, 3.8) is 0 Å². The van der Waals surface area contributed by atoms with Crippen molar-refractivity contribution in [3.05, 3.63) is 21.9 Å². The van der Waals surface area contributed by atoms with Crippen LogP contribution < -0.4 is 0 Å². The molecule has 0 aliphatic carbocycles. The molecule has 18 heavy (non-hydrogen) atoms. The maximum Gasteiger partial charge on any atom is 0.211 e. The molecule has 1 aliphatic heterocycles. The lowest BCUT2D eigenvalue weighted by atomic mass is 10.3. The molecule has 0 spiro atoms. The zero-order valence-corrected chi connectivity index (χ0v) is 12.6. The van der Waals surface area contributed by atoms with Crippen LogP contribution in [-0.2, 0) is 16.6 Å². The summed E-state index contributed by atoms with van der Waals surface area (Å²) < 4.78 is 24.6. The first-order chi connectivity index (χ1) is 8.45. The second-order valence-electron chi connectivity index (χ2n) is 4.80. The molecule has 0 saturated carbocycles. The fraction of sp³-hybridized carbons (Fsp3) is 0.667. The molecule has 0 radical (unpaired) electrons. The Labute approximate surface area is 113 Å². The molecule has 2 rings (SSSR count). The van der Waals surface area contributed by atoms with E-state index < -0.39 is 10.0 Å². The zero-order valence-electron chi connectivity index (χ0n) is 10.9. The van der Waals surface area contributed by atoms with Gasteiger partial charge in [-0.25, -0.2) is 12.7 Å². The van der Waals surface area contributed by atoms with Gasteiger partial charge in [0.25, 0.3) is 0 Å². The van der Waals surface area contributed by atoms with E-state index in [2.05, 4.69) is 24.0 Å². The Morgan fingerprint density at radius 2 is 2.00 bits per heavy atom. The molecule has 0 aromatic carbocycles. The number of aryl methyl sites for hydroxylation is 1. The Morgan fingerprint density at radius 1 is 1.22 bits per heavy atom. The molecule has 0 bridgehead atoms. The molecule has 0 atom stereocenters. The maximum absolute atomic E-state index is 11.5. The fourth-order valence-electron chi connectivity index (χ4n) is 2.23. The van der Waals surface area contributed by atoms with Crippen LogP contribution in [0.1, 0.15) is 16.2 Å². The molecule has 6 heteroatoms. The summed E-state index contributed by atoms with van der Waals surface area (Å²) in [6.45, 7) is 6.12. The van der Waals surface area contributed by atoms with Gasteiger partial charge in [0.1, 0.15) is 0 Å². The van der Waals surface area contributed by atoms with E-state index in [1.165, 1.54) is 16.0 Å². The summed E-state index contributed by atoms with van der Waals surface area (Å²) >= 11 is 1.82. The molecule has 102 valence electrons. The molecule has 0 unspecified atom stereocenters. The number of hydrogen-bond acceptors (Lipinski definition) is 4. The minimum atomic E-state index is -3.03. The van der Waals surface area contributed by atoms with E-state index in [0.29, 0.717) is 13.1 Å². The quantitative estimate of drug-likeness (QED) is 0.847. The van der Waals surface area contributed by atoms with E-state index in [9.17, 15) is 8.42 Å². The van der Waals surface area contributed by atoms with E-state index in [1.54, 1.807) is 4.31 Å². The van der Waals surface area contributed by atoms with Crippen LogP contribution in [0.2, 0.25) is 0 Å². The fourth-order valence-corrected chi connectivity index (χ4v) is 4.03. The Kier molecular flexibility index (Phi) is 4.42. The van der Waals surface area contributed by atoms with Crippen LogP contribution in [0.3, 0.4) is 0 Å². The Bertz CT molecular complexity index is 496. The standard InChI is InChI=1S/C12H20N2O2S2/c1-11-4-5-12(17-11)10-13-6-3-7-14(9-8-13)18(2,15)16/h4-5H,3,6-10H2,1-2H3. The van der Waals surface area contributed by atoms with Crippen molar-refractivity contribution in [2.24, 2.45) is 0 Å². The minimum absolute atomic E-state index is 0.614. The molecule has 1 aromatic rings. The van der Waals surface area contributed by atoms with Gasteiger partial charge in [-0.05, 0) is 32.0 Å². The highest BCUT2D eigenvalue weighted by Crippen LogP contribution is 2.18. The molecular weight excluding hydrogens is 268 g/mol. The van der Waals surface area contributed by atoms with Crippen molar-refractivity contribution >= 4 is 21.4 Å². The maximum atomic E-state index is 11.5. The Morgan fingerprint density at radius 3 is 2.61 bits per heavy atom. The van der Waals surface area contributed by atoms with Crippen LogP contribution in [0, 0.1) is 6.92 Å². The van der Waals surface area contributed by atoms with Gasteiger partial charge in [-0.1, -0.05) is 0 Å². The predicted octanol–water partition coefficient (Wildman–Crippen LogP) is 1.52. The second kappa shape index (κ2) is 5.69. The number of nitrogens with zero attached hydrogens (tertiary/aromatic N) is 2. The first-order valence-corrected chi connectivity index (χ1v) is 8.84. The van der Waals surface area contributed by atoms with E-state index >= 15 is 0 Å². The zero-order chi connectivity index (χ0) is 13.2. The number of rotatable bonds is 3. The monoisotopic (exact) mass is 288 g/mol. The molecule has 1 saturated heterocycles. The summed E-state index contributed by atoms with van der Waals surface area (Å²) in [4.78, 5) is 5.04. The van der Waals surface area contributed by atoms with Gasteiger partial charge < -0.3 is 0 Å². The average molecular weight is 288 g/mol. The van der Waals surface area contributed by atoms with Crippen molar-refractivity contribution in [3.8, 4) is 0 Å². The number of thiophene rings is 1. The normalized spacial score (nSPS) is 19.9. The van der Waals surface area contributed by atoms with E-state index in [1.807, 2.05) is 11.3 Å². The van der Waals surface area contributed by atoms with Gasteiger partial charge in [0, 0.05) is 35.9 Å². The van der Waals surface area contributed by atoms with Crippen molar-refractivity contribution in [1.82, 2.24) is 9.21 Å². The third kappa shape index (κ3) is 3.78. The van der Waals surface area contributed by atoms with Gasteiger partial charge in [-0.2, -0.15) is 0 Å². The van der Waals surface area contributed by atoms with Crippen LogP contribution >= 0.6 is 11.3 Å². The average Bonchev–Trinajstić information content (AvgIpc) is 2.53. The smallest absolute Gasteiger partial charge is 0.211 e. The molecule has 0 N–H and O–H groups in total. The summed E-state index contributed by atoms with van der Waals surface area (Å²) in [5.74, 6) is 0. The van der Waals surface area contributed by atoms with Gasteiger partial charge in [0.05, 0.1) is 6.26 Å². The first kappa shape index (κ1) is 14.0. The van der Waals surface area contributed by atoms with Crippen molar-refractivity contribution in [1.29, 1.82) is 0 Å². The van der Waals surface area contributed by atoms with Crippen molar-refractivity contribution in [2.45, 2.75) is 19.9 Å². The van der Waals surface area contributed by atoms with Crippen LogP contribution in [0.25, 0.3) is 0 Å². The minimum Gasteiger partial charge on any atom is -0.297 e. The SMILES string of the molecule is Cc1ccc(CN2CCCN(S(C)(=O)=O)CC2)s1. The van der Waals surface area contributed by atoms with Gasteiger partial charge in [0.2, 0.25) is 10.0 Å². The molecule has 2 heterocycles. The third-order valence-corrected chi connectivity index (χ3v) is 5.48. The van der Waals surface area contributed by atoms with Crippen LogP contribution in [0.4, 0.5) is 0 Å².